The van der Waals surface area contributed by atoms with E-state index in [0.717, 1.165) is 37.6 Å². The van der Waals surface area contributed by atoms with Crippen molar-refractivity contribution < 1.29 is 14.2 Å². The molecule has 1 heterocycles. The predicted octanol–water partition coefficient (Wildman–Crippen LogP) is 2.82. The average molecular weight is 293 g/mol. The maximum atomic E-state index is 5.71. The molecule has 4 nitrogen and oxygen atoms in total. The highest BCUT2D eigenvalue weighted by Gasteiger charge is 2.20. The second kappa shape index (κ2) is 8.25. The highest BCUT2D eigenvalue weighted by atomic mass is 16.6. The van der Waals surface area contributed by atoms with Crippen molar-refractivity contribution in [3.8, 4) is 11.5 Å². The lowest BCUT2D eigenvalue weighted by atomic mass is 9.85. The smallest absolute Gasteiger partial charge is 0.161 e. The summed E-state index contributed by atoms with van der Waals surface area (Å²) in [5.41, 5.74) is 1.32. The van der Waals surface area contributed by atoms with Gasteiger partial charge in [0, 0.05) is 20.2 Å². The van der Waals surface area contributed by atoms with Crippen molar-refractivity contribution in [2.45, 2.75) is 26.2 Å². The van der Waals surface area contributed by atoms with Gasteiger partial charge in [-0.15, -0.1) is 0 Å². The van der Waals surface area contributed by atoms with E-state index in [1.807, 2.05) is 6.07 Å². The number of hydrogen-bond acceptors (Lipinski definition) is 4. The number of fused-ring (bicyclic) bond motifs is 1. The molecule has 1 aliphatic rings. The lowest BCUT2D eigenvalue weighted by Gasteiger charge is -2.26. The van der Waals surface area contributed by atoms with Gasteiger partial charge in [0.25, 0.3) is 0 Å². The fourth-order valence-electron chi connectivity index (χ4n) is 2.65. The first-order chi connectivity index (χ1) is 10.3. The summed E-state index contributed by atoms with van der Waals surface area (Å²) in [5, 5.41) is 3.48. The van der Waals surface area contributed by atoms with E-state index in [0.29, 0.717) is 25.0 Å². The van der Waals surface area contributed by atoms with Crippen LogP contribution in [-0.2, 0) is 4.74 Å². The van der Waals surface area contributed by atoms with Crippen molar-refractivity contribution in [3.63, 3.8) is 0 Å². The van der Waals surface area contributed by atoms with Crippen LogP contribution >= 0.6 is 0 Å². The van der Waals surface area contributed by atoms with Crippen LogP contribution in [0.1, 0.15) is 31.7 Å². The van der Waals surface area contributed by atoms with E-state index >= 15 is 0 Å². The molecule has 0 saturated carbocycles. The zero-order valence-corrected chi connectivity index (χ0v) is 13.4. The summed E-state index contributed by atoms with van der Waals surface area (Å²) in [6, 6.07) is 6.35. The normalized spacial score (nSPS) is 16.5. The van der Waals surface area contributed by atoms with E-state index in [2.05, 4.69) is 31.3 Å². The number of benzene rings is 1. The number of ether oxygens (including phenoxy) is 3. The molecule has 2 atom stereocenters. The highest BCUT2D eigenvalue weighted by Crippen LogP contribution is 2.35. The fraction of sp³-hybridized carbons (Fsp3) is 0.647. The molecular formula is C17H27NO3. The third kappa shape index (κ3) is 4.35. The Kier molecular flexibility index (Phi) is 6.33. The molecule has 4 heteroatoms. The minimum absolute atomic E-state index is 0.475. The van der Waals surface area contributed by atoms with E-state index in [-0.39, 0.29) is 0 Å². The Balaban J connectivity index is 2.08. The van der Waals surface area contributed by atoms with Crippen LogP contribution in [0.5, 0.6) is 11.5 Å². The molecule has 0 saturated heterocycles. The Hall–Kier alpha value is -1.26. The van der Waals surface area contributed by atoms with Crippen LogP contribution in [-0.4, -0.2) is 40.0 Å². The van der Waals surface area contributed by atoms with E-state index in [1.165, 1.54) is 5.56 Å². The van der Waals surface area contributed by atoms with E-state index in [9.17, 15) is 0 Å². The summed E-state index contributed by atoms with van der Waals surface area (Å²) in [4.78, 5) is 0. The van der Waals surface area contributed by atoms with Gasteiger partial charge in [-0.2, -0.15) is 0 Å². The topological polar surface area (TPSA) is 39.7 Å². The summed E-state index contributed by atoms with van der Waals surface area (Å²) in [6.07, 6.45) is 1.16. The van der Waals surface area contributed by atoms with Crippen molar-refractivity contribution in [2.24, 2.45) is 5.92 Å². The molecule has 1 aliphatic heterocycles. The van der Waals surface area contributed by atoms with Crippen LogP contribution < -0.4 is 14.8 Å². The molecule has 2 unspecified atom stereocenters. The molecule has 0 radical (unpaired) electrons. The van der Waals surface area contributed by atoms with Crippen LogP contribution in [0.4, 0.5) is 0 Å². The molecule has 1 aromatic carbocycles. The first-order valence-corrected chi connectivity index (χ1v) is 7.85. The molecule has 0 spiro atoms. The Morgan fingerprint density at radius 3 is 2.71 bits per heavy atom. The van der Waals surface area contributed by atoms with Gasteiger partial charge in [0.15, 0.2) is 11.5 Å². The molecule has 0 aromatic heterocycles. The minimum atomic E-state index is 0.475. The largest absolute Gasteiger partial charge is 0.486 e. The first-order valence-electron chi connectivity index (χ1n) is 7.85. The Morgan fingerprint density at radius 1 is 1.24 bits per heavy atom. The van der Waals surface area contributed by atoms with Crippen LogP contribution in [0.3, 0.4) is 0 Å². The summed E-state index contributed by atoms with van der Waals surface area (Å²) in [7, 11) is 1.73. The number of hydrogen-bond donors (Lipinski definition) is 1. The molecule has 2 rings (SSSR count). The Morgan fingerprint density at radius 2 is 2.00 bits per heavy atom. The SMILES string of the molecule is CCC(C)C(CNCCOC)c1ccc2c(c1)OCCO2. The summed E-state index contributed by atoms with van der Waals surface area (Å²) in [6.45, 7) is 8.40. The van der Waals surface area contributed by atoms with Crippen molar-refractivity contribution in [2.75, 3.05) is 40.0 Å². The lowest BCUT2D eigenvalue weighted by molar-refractivity contribution is 0.171. The third-order valence-electron chi connectivity index (χ3n) is 4.17. The van der Waals surface area contributed by atoms with Gasteiger partial charge in [0.05, 0.1) is 6.61 Å². The van der Waals surface area contributed by atoms with E-state index in [1.54, 1.807) is 7.11 Å². The lowest BCUT2D eigenvalue weighted by Crippen LogP contribution is -2.28. The van der Waals surface area contributed by atoms with Gasteiger partial charge in [-0.05, 0) is 29.5 Å². The predicted molar refractivity (Wildman–Crippen MR) is 84.4 cm³/mol. The molecule has 1 N–H and O–H groups in total. The molecule has 0 aliphatic carbocycles. The van der Waals surface area contributed by atoms with Crippen molar-refractivity contribution >= 4 is 0 Å². The van der Waals surface area contributed by atoms with Crippen molar-refractivity contribution in [3.05, 3.63) is 23.8 Å². The summed E-state index contributed by atoms with van der Waals surface area (Å²) in [5.74, 6) is 2.83. The zero-order valence-electron chi connectivity index (χ0n) is 13.4. The first kappa shape index (κ1) is 16.1. The van der Waals surface area contributed by atoms with Crippen LogP contribution in [0.2, 0.25) is 0 Å². The maximum absolute atomic E-state index is 5.71. The standard InChI is InChI=1S/C17H27NO3/c1-4-13(2)15(12-18-7-8-19-3)14-5-6-16-17(11-14)21-10-9-20-16/h5-6,11,13,15,18H,4,7-10,12H2,1-3H3. The molecule has 1 aromatic rings. The van der Waals surface area contributed by atoms with Crippen LogP contribution in [0, 0.1) is 5.92 Å². The number of rotatable bonds is 8. The van der Waals surface area contributed by atoms with Gasteiger partial charge in [0.2, 0.25) is 0 Å². The third-order valence-corrected chi connectivity index (χ3v) is 4.17. The molecular weight excluding hydrogens is 266 g/mol. The molecule has 118 valence electrons. The molecule has 21 heavy (non-hydrogen) atoms. The highest BCUT2D eigenvalue weighted by molar-refractivity contribution is 5.45. The van der Waals surface area contributed by atoms with Gasteiger partial charge in [0.1, 0.15) is 13.2 Å². The van der Waals surface area contributed by atoms with E-state index in [4.69, 9.17) is 14.2 Å². The van der Waals surface area contributed by atoms with Crippen LogP contribution in [0.25, 0.3) is 0 Å². The monoisotopic (exact) mass is 293 g/mol. The molecule has 0 amide bonds. The maximum Gasteiger partial charge on any atom is 0.161 e. The Labute approximate surface area is 127 Å². The average Bonchev–Trinajstić information content (AvgIpc) is 2.54. The zero-order chi connectivity index (χ0) is 15.1. The molecule has 0 fully saturated rings. The molecule has 0 bridgehead atoms. The van der Waals surface area contributed by atoms with E-state index < -0.39 is 0 Å². The van der Waals surface area contributed by atoms with Gasteiger partial charge >= 0.3 is 0 Å². The fourth-order valence-corrected chi connectivity index (χ4v) is 2.65. The number of methoxy groups -OCH3 is 1. The Bertz CT molecular complexity index is 436. The summed E-state index contributed by atoms with van der Waals surface area (Å²) < 4.78 is 16.4. The van der Waals surface area contributed by atoms with Gasteiger partial charge < -0.3 is 19.5 Å². The van der Waals surface area contributed by atoms with Crippen molar-refractivity contribution in [1.82, 2.24) is 5.32 Å². The van der Waals surface area contributed by atoms with Crippen LogP contribution in [0.15, 0.2) is 18.2 Å². The number of nitrogens with one attached hydrogen (secondary N) is 1. The summed E-state index contributed by atoms with van der Waals surface area (Å²) >= 11 is 0. The van der Waals surface area contributed by atoms with Gasteiger partial charge in [-0.3, -0.25) is 0 Å². The second-order valence-corrected chi connectivity index (χ2v) is 5.59. The van der Waals surface area contributed by atoms with Gasteiger partial charge in [-0.25, -0.2) is 0 Å². The second-order valence-electron chi connectivity index (χ2n) is 5.59. The quantitative estimate of drug-likeness (QED) is 0.748. The van der Waals surface area contributed by atoms with Gasteiger partial charge in [-0.1, -0.05) is 26.3 Å². The van der Waals surface area contributed by atoms with Crippen molar-refractivity contribution in [1.29, 1.82) is 0 Å². The minimum Gasteiger partial charge on any atom is -0.486 e.